The van der Waals surface area contributed by atoms with Crippen LogP contribution in [-0.2, 0) is 17.6 Å². The van der Waals surface area contributed by atoms with Crippen molar-refractivity contribution in [3.8, 4) is 11.5 Å². The number of ether oxygens (including phenoxy) is 3. The molecule has 0 spiro atoms. The van der Waals surface area contributed by atoms with Crippen LogP contribution in [0.25, 0.3) is 0 Å². The molecule has 3 aliphatic rings. The van der Waals surface area contributed by atoms with Gasteiger partial charge < -0.3 is 23.9 Å². The van der Waals surface area contributed by atoms with E-state index in [1.54, 1.807) is 23.5 Å². The molecule has 6 rings (SSSR count). The predicted molar refractivity (Wildman–Crippen MR) is 124 cm³/mol. The Morgan fingerprint density at radius 2 is 1.91 bits per heavy atom. The number of carbonyl (C=O) groups excluding carboxylic acids is 1. The summed E-state index contributed by atoms with van der Waals surface area (Å²) in [5, 5.41) is 4.10. The first kappa shape index (κ1) is 20.8. The summed E-state index contributed by atoms with van der Waals surface area (Å²) in [6.45, 7) is 3.30. The minimum absolute atomic E-state index is 0.00611. The lowest BCUT2D eigenvalue weighted by Crippen LogP contribution is -2.40. The van der Waals surface area contributed by atoms with Crippen LogP contribution in [0.5, 0.6) is 11.5 Å². The number of anilines is 1. The van der Waals surface area contributed by atoms with E-state index in [2.05, 4.69) is 22.3 Å². The van der Waals surface area contributed by atoms with Gasteiger partial charge in [-0.25, -0.2) is 0 Å². The van der Waals surface area contributed by atoms with Crippen molar-refractivity contribution >= 4 is 22.2 Å². The molecule has 8 heteroatoms. The molecule has 1 atom stereocenters. The zero-order valence-corrected chi connectivity index (χ0v) is 19.1. The summed E-state index contributed by atoms with van der Waals surface area (Å²) >= 11 is 1.71. The molecule has 4 heterocycles. The first-order valence-corrected chi connectivity index (χ1v) is 12.3. The fourth-order valence-corrected chi connectivity index (χ4v) is 6.34. The Bertz CT molecular complexity index is 1150. The Morgan fingerprint density at radius 1 is 1.06 bits per heavy atom. The summed E-state index contributed by atoms with van der Waals surface area (Å²) in [5.74, 6) is 1.65. The lowest BCUT2D eigenvalue weighted by molar-refractivity contribution is 0.0239. The van der Waals surface area contributed by atoms with Crippen LogP contribution >= 0.6 is 11.3 Å². The first-order chi connectivity index (χ1) is 16.3. The number of rotatable bonds is 5. The van der Waals surface area contributed by atoms with Gasteiger partial charge in [-0.2, -0.15) is 0 Å². The van der Waals surface area contributed by atoms with Crippen LogP contribution in [0, 0.1) is 0 Å². The number of carbonyl (C=O) groups is 1. The number of nitrogens with one attached hydrogen (secondary N) is 1. The van der Waals surface area contributed by atoms with Crippen molar-refractivity contribution in [1.82, 2.24) is 4.90 Å². The number of thiophene rings is 1. The van der Waals surface area contributed by atoms with Crippen LogP contribution in [0.15, 0.2) is 41.0 Å². The molecule has 1 saturated heterocycles. The smallest absolute Gasteiger partial charge is 0.291 e. The van der Waals surface area contributed by atoms with E-state index < -0.39 is 0 Å². The molecule has 0 radical (unpaired) electrons. The van der Waals surface area contributed by atoms with Gasteiger partial charge in [0.05, 0.1) is 25.5 Å². The van der Waals surface area contributed by atoms with Gasteiger partial charge in [0.2, 0.25) is 6.79 Å². The molecule has 7 nitrogen and oxygen atoms in total. The van der Waals surface area contributed by atoms with Crippen molar-refractivity contribution in [3.63, 3.8) is 0 Å². The number of morpholine rings is 1. The van der Waals surface area contributed by atoms with Crippen molar-refractivity contribution in [1.29, 1.82) is 0 Å². The second kappa shape index (κ2) is 8.85. The SMILES string of the molecule is O=C(Nc1sc2c(c1[C@@H](c1ccc3c(c1)OCO3)N1CCOCC1)CCCC2)c1ccco1. The highest BCUT2D eigenvalue weighted by Crippen LogP contribution is 2.47. The Balaban J connectivity index is 1.46. The number of amides is 1. The Labute approximate surface area is 196 Å². The van der Waals surface area contributed by atoms with Gasteiger partial charge in [0.15, 0.2) is 17.3 Å². The highest BCUT2D eigenvalue weighted by Gasteiger charge is 2.34. The van der Waals surface area contributed by atoms with Gasteiger partial charge in [-0.1, -0.05) is 6.07 Å². The molecule has 33 heavy (non-hydrogen) atoms. The van der Waals surface area contributed by atoms with E-state index in [0.717, 1.165) is 48.0 Å². The summed E-state index contributed by atoms with van der Waals surface area (Å²) in [5.41, 5.74) is 3.73. The first-order valence-electron chi connectivity index (χ1n) is 11.5. The Hall–Kier alpha value is -2.81. The third kappa shape index (κ3) is 3.92. The van der Waals surface area contributed by atoms with Gasteiger partial charge in [0.25, 0.3) is 5.91 Å². The molecule has 1 aliphatic carbocycles. The summed E-state index contributed by atoms with van der Waals surface area (Å²) in [6.07, 6.45) is 5.96. The minimum atomic E-state index is -0.216. The van der Waals surface area contributed by atoms with E-state index in [9.17, 15) is 4.79 Å². The van der Waals surface area contributed by atoms with E-state index in [0.29, 0.717) is 19.0 Å². The molecule has 1 aromatic carbocycles. The lowest BCUT2D eigenvalue weighted by atomic mass is 9.88. The number of nitrogens with zero attached hydrogens (tertiary/aromatic N) is 1. The van der Waals surface area contributed by atoms with Crippen molar-refractivity contribution < 1.29 is 23.4 Å². The highest BCUT2D eigenvalue weighted by molar-refractivity contribution is 7.16. The largest absolute Gasteiger partial charge is 0.459 e. The summed E-state index contributed by atoms with van der Waals surface area (Å²) in [7, 11) is 0. The summed E-state index contributed by atoms with van der Waals surface area (Å²) in [6, 6.07) is 9.63. The molecule has 0 bridgehead atoms. The molecular weight excluding hydrogens is 440 g/mol. The van der Waals surface area contributed by atoms with Gasteiger partial charge in [-0.15, -0.1) is 11.3 Å². The molecule has 172 valence electrons. The molecule has 1 amide bonds. The topological polar surface area (TPSA) is 73.2 Å². The van der Waals surface area contributed by atoms with Crippen LogP contribution in [0.1, 0.15) is 51.0 Å². The Morgan fingerprint density at radius 3 is 2.76 bits per heavy atom. The van der Waals surface area contributed by atoms with Crippen LogP contribution in [0.4, 0.5) is 5.00 Å². The molecule has 2 aliphatic heterocycles. The standard InChI is InChI=1S/C25H26N2O5S/c28-24(19-5-3-11-30-19)26-25-22(17-4-1-2-6-21(17)33-25)23(27-9-12-29-13-10-27)16-7-8-18-20(14-16)32-15-31-18/h3,5,7-8,11,14,23H,1-2,4,6,9-10,12-13,15H2,(H,26,28)/t23-/m1/s1. The van der Waals surface area contributed by atoms with Crippen molar-refractivity contribution in [2.24, 2.45) is 0 Å². The number of fused-ring (bicyclic) bond motifs is 2. The fourth-order valence-electron chi connectivity index (χ4n) is 5.02. The van der Waals surface area contributed by atoms with Crippen molar-refractivity contribution in [3.05, 3.63) is 63.9 Å². The van der Waals surface area contributed by atoms with E-state index in [1.165, 1.54) is 35.1 Å². The van der Waals surface area contributed by atoms with E-state index in [-0.39, 0.29) is 18.7 Å². The normalized spacial score (nSPS) is 18.7. The average Bonchev–Trinajstić information content (AvgIpc) is 3.60. The maximum Gasteiger partial charge on any atom is 0.291 e. The van der Waals surface area contributed by atoms with Crippen molar-refractivity contribution in [2.45, 2.75) is 31.7 Å². The van der Waals surface area contributed by atoms with Crippen LogP contribution in [0.2, 0.25) is 0 Å². The number of aryl methyl sites for hydroxylation is 1. The zero-order chi connectivity index (χ0) is 22.2. The molecule has 2 aromatic heterocycles. The van der Waals surface area contributed by atoms with Gasteiger partial charge >= 0.3 is 0 Å². The molecular formula is C25H26N2O5S. The van der Waals surface area contributed by atoms with Gasteiger partial charge in [-0.05, 0) is 61.1 Å². The second-order valence-corrected chi connectivity index (χ2v) is 9.65. The summed E-state index contributed by atoms with van der Waals surface area (Å²) < 4.78 is 22.3. The highest BCUT2D eigenvalue weighted by atomic mass is 32.1. The van der Waals surface area contributed by atoms with E-state index in [4.69, 9.17) is 18.6 Å². The van der Waals surface area contributed by atoms with Crippen LogP contribution in [-0.4, -0.2) is 43.9 Å². The zero-order valence-electron chi connectivity index (χ0n) is 18.3. The number of furan rings is 1. The van der Waals surface area contributed by atoms with Crippen LogP contribution < -0.4 is 14.8 Å². The number of benzene rings is 1. The van der Waals surface area contributed by atoms with Gasteiger partial charge in [0, 0.05) is 23.5 Å². The third-order valence-corrected chi connectivity index (χ3v) is 7.80. The molecule has 1 N–H and O–H groups in total. The molecule has 0 unspecified atom stereocenters. The van der Waals surface area contributed by atoms with Crippen LogP contribution in [0.3, 0.4) is 0 Å². The van der Waals surface area contributed by atoms with Crippen molar-refractivity contribution in [2.75, 3.05) is 38.4 Å². The van der Waals surface area contributed by atoms with E-state index in [1.807, 2.05) is 6.07 Å². The predicted octanol–water partition coefficient (Wildman–Crippen LogP) is 4.62. The van der Waals surface area contributed by atoms with Gasteiger partial charge in [0.1, 0.15) is 5.00 Å². The molecule has 3 aromatic rings. The monoisotopic (exact) mass is 466 g/mol. The second-order valence-electron chi connectivity index (χ2n) is 8.55. The number of hydrogen-bond donors (Lipinski definition) is 1. The molecule has 0 saturated carbocycles. The quantitative estimate of drug-likeness (QED) is 0.592. The summed E-state index contributed by atoms with van der Waals surface area (Å²) in [4.78, 5) is 16.8. The van der Waals surface area contributed by atoms with Gasteiger partial charge in [-0.3, -0.25) is 9.69 Å². The third-order valence-electron chi connectivity index (χ3n) is 6.58. The Kier molecular flexibility index (Phi) is 5.57. The fraction of sp³-hybridized carbons (Fsp3) is 0.400. The lowest BCUT2D eigenvalue weighted by Gasteiger charge is -2.36. The van der Waals surface area contributed by atoms with E-state index >= 15 is 0 Å². The average molecular weight is 467 g/mol. The minimum Gasteiger partial charge on any atom is -0.459 e. The maximum absolute atomic E-state index is 13.0. The maximum atomic E-state index is 13.0. The molecule has 1 fully saturated rings. The number of hydrogen-bond acceptors (Lipinski definition) is 7.